The minimum absolute atomic E-state index is 0.0871. The molecular weight excluding hydrogens is 285 g/mol. The van der Waals surface area contributed by atoms with E-state index in [0.29, 0.717) is 12.2 Å². The van der Waals surface area contributed by atoms with Crippen LogP contribution in [0.4, 0.5) is 18.9 Å². The second-order valence-electron chi connectivity index (χ2n) is 4.34. The summed E-state index contributed by atoms with van der Waals surface area (Å²) in [5, 5.41) is 2.53. The van der Waals surface area contributed by atoms with Crippen molar-refractivity contribution < 1.29 is 18.0 Å². The van der Waals surface area contributed by atoms with E-state index in [0.717, 1.165) is 12.1 Å². The molecule has 0 saturated carbocycles. The molecule has 0 aliphatic carbocycles. The molecule has 2 rings (SSSR count). The van der Waals surface area contributed by atoms with Crippen LogP contribution in [0.5, 0.6) is 0 Å². The standard InChI is InChI=1S/C13H13F3N4O/c14-13(15,16)9-7-8(1-2-10(9)17)12(21)20-4-3-11-18-5-6-19-11/h1-2,5-7H,3-4,17H2,(H,18,19)(H,20,21). The molecule has 0 radical (unpaired) electrons. The van der Waals surface area contributed by atoms with Gasteiger partial charge in [-0.3, -0.25) is 4.79 Å². The summed E-state index contributed by atoms with van der Waals surface area (Å²) in [6.45, 7) is 0.262. The van der Waals surface area contributed by atoms with E-state index < -0.39 is 23.3 Å². The van der Waals surface area contributed by atoms with Crippen molar-refractivity contribution in [2.75, 3.05) is 12.3 Å². The minimum atomic E-state index is -4.59. The first-order valence-corrected chi connectivity index (χ1v) is 6.11. The van der Waals surface area contributed by atoms with Gasteiger partial charge >= 0.3 is 6.18 Å². The Kier molecular flexibility index (Phi) is 4.15. The number of nitrogens with zero attached hydrogens (tertiary/aromatic N) is 1. The molecule has 1 aromatic carbocycles. The number of hydrogen-bond donors (Lipinski definition) is 3. The van der Waals surface area contributed by atoms with Crippen molar-refractivity contribution in [3.05, 3.63) is 47.5 Å². The topological polar surface area (TPSA) is 83.8 Å². The number of nitrogens with two attached hydrogens (primary N) is 1. The molecule has 0 unspecified atom stereocenters. The zero-order valence-electron chi connectivity index (χ0n) is 10.9. The maximum Gasteiger partial charge on any atom is 0.418 e. The molecule has 0 spiro atoms. The Balaban J connectivity index is 2.02. The highest BCUT2D eigenvalue weighted by Gasteiger charge is 2.33. The van der Waals surface area contributed by atoms with Crippen LogP contribution < -0.4 is 11.1 Å². The van der Waals surface area contributed by atoms with Crippen molar-refractivity contribution in [3.8, 4) is 0 Å². The predicted octanol–water partition coefficient (Wildman–Crippen LogP) is 1.98. The van der Waals surface area contributed by atoms with Crippen LogP contribution in [0.1, 0.15) is 21.7 Å². The van der Waals surface area contributed by atoms with Crippen LogP contribution in [0.2, 0.25) is 0 Å². The van der Waals surface area contributed by atoms with Gasteiger partial charge in [-0.2, -0.15) is 13.2 Å². The van der Waals surface area contributed by atoms with Gasteiger partial charge in [0.05, 0.1) is 5.56 Å². The first kappa shape index (κ1) is 14.9. The highest BCUT2D eigenvalue weighted by molar-refractivity contribution is 5.94. The second kappa shape index (κ2) is 5.86. The number of hydrogen-bond acceptors (Lipinski definition) is 3. The number of benzene rings is 1. The van der Waals surface area contributed by atoms with Gasteiger partial charge in [-0.15, -0.1) is 0 Å². The second-order valence-corrected chi connectivity index (χ2v) is 4.34. The Morgan fingerprint density at radius 1 is 1.38 bits per heavy atom. The van der Waals surface area contributed by atoms with Crippen molar-refractivity contribution in [2.24, 2.45) is 0 Å². The molecule has 0 aliphatic heterocycles. The van der Waals surface area contributed by atoms with Gasteiger partial charge in [-0.05, 0) is 18.2 Å². The lowest BCUT2D eigenvalue weighted by atomic mass is 10.1. The van der Waals surface area contributed by atoms with E-state index in [9.17, 15) is 18.0 Å². The molecule has 1 aromatic heterocycles. The maximum absolute atomic E-state index is 12.7. The average molecular weight is 298 g/mol. The third-order valence-corrected chi connectivity index (χ3v) is 2.82. The van der Waals surface area contributed by atoms with E-state index in [4.69, 9.17) is 5.73 Å². The molecule has 0 aliphatic rings. The summed E-state index contributed by atoms with van der Waals surface area (Å²) in [5.41, 5.74) is 3.77. The number of nitrogen functional groups attached to an aromatic ring is 1. The van der Waals surface area contributed by atoms with E-state index in [1.165, 1.54) is 6.07 Å². The van der Waals surface area contributed by atoms with Gasteiger partial charge in [0.1, 0.15) is 5.82 Å². The molecule has 8 heteroatoms. The largest absolute Gasteiger partial charge is 0.418 e. The van der Waals surface area contributed by atoms with Gasteiger partial charge < -0.3 is 16.0 Å². The number of aromatic amines is 1. The molecule has 5 nitrogen and oxygen atoms in total. The maximum atomic E-state index is 12.7. The first-order chi connectivity index (χ1) is 9.88. The van der Waals surface area contributed by atoms with Crippen LogP contribution >= 0.6 is 0 Å². The zero-order chi connectivity index (χ0) is 15.5. The van der Waals surface area contributed by atoms with Gasteiger partial charge in [0, 0.05) is 36.6 Å². The number of imidazole rings is 1. The van der Waals surface area contributed by atoms with Gasteiger partial charge in [-0.25, -0.2) is 4.98 Å². The lowest BCUT2D eigenvalue weighted by molar-refractivity contribution is -0.136. The summed E-state index contributed by atoms with van der Waals surface area (Å²) in [4.78, 5) is 18.6. The molecule has 1 heterocycles. The molecule has 21 heavy (non-hydrogen) atoms. The van der Waals surface area contributed by atoms with Crippen molar-refractivity contribution >= 4 is 11.6 Å². The number of anilines is 1. The van der Waals surface area contributed by atoms with Crippen molar-refractivity contribution in [2.45, 2.75) is 12.6 Å². The molecule has 4 N–H and O–H groups in total. The van der Waals surface area contributed by atoms with Gasteiger partial charge in [0.25, 0.3) is 5.91 Å². The Labute approximate surface area is 118 Å². The van der Waals surface area contributed by atoms with E-state index in [-0.39, 0.29) is 12.1 Å². The van der Waals surface area contributed by atoms with E-state index in [1.54, 1.807) is 12.4 Å². The fourth-order valence-corrected chi connectivity index (χ4v) is 1.77. The summed E-state index contributed by atoms with van der Waals surface area (Å²) in [6, 6.07) is 3.08. The highest BCUT2D eigenvalue weighted by atomic mass is 19.4. The molecule has 1 amide bonds. The summed E-state index contributed by atoms with van der Waals surface area (Å²) >= 11 is 0. The molecule has 2 aromatic rings. The Morgan fingerprint density at radius 2 is 2.14 bits per heavy atom. The Hall–Kier alpha value is -2.51. The van der Waals surface area contributed by atoms with Gasteiger partial charge in [-0.1, -0.05) is 0 Å². The fraction of sp³-hybridized carbons (Fsp3) is 0.231. The molecule has 0 fully saturated rings. The lowest BCUT2D eigenvalue weighted by Gasteiger charge is -2.11. The van der Waals surface area contributed by atoms with Crippen molar-refractivity contribution in [1.29, 1.82) is 0 Å². The lowest BCUT2D eigenvalue weighted by Crippen LogP contribution is -2.26. The molecular formula is C13H13F3N4O. The van der Waals surface area contributed by atoms with Crippen LogP contribution in [0.3, 0.4) is 0 Å². The molecule has 0 saturated heterocycles. The summed E-state index contributed by atoms with van der Waals surface area (Å²) in [6.07, 6.45) is -0.909. The first-order valence-electron chi connectivity index (χ1n) is 6.11. The van der Waals surface area contributed by atoms with Gasteiger partial charge in [0.15, 0.2) is 0 Å². The van der Waals surface area contributed by atoms with Crippen LogP contribution in [0, 0.1) is 0 Å². The number of H-pyrrole nitrogens is 1. The number of alkyl halides is 3. The highest BCUT2D eigenvalue weighted by Crippen LogP contribution is 2.33. The van der Waals surface area contributed by atoms with Crippen LogP contribution in [0.25, 0.3) is 0 Å². The number of carbonyl (C=O) groups excluding carboxylic acids is 1. The third-order valence-electron chi connectivity index (χ3n) is 2.82. The number of nitrogens with one attached hydrogen (secondary N) is 2. The number of amides is 1. The summed E-state index contributed by atoms with van der Waals surface area (Å²) < 4.78 is 38.1. The average Bonchev–Trinajstić information content (AvgIpc) is 2.91. The number of aromatic nitrogens is 2. The predicted molar refractivity (Wildman–Crippen MR) is 70.5 cm³/mol. The van der Waals surface area contributed by atoms with Gasteiger partial charge in [0.2, 0.25) is 0 Å². The number of halogens is 3. The van der Waals surface area contributed by atoms with Crippen LogP contribution in [-0.4, -0.2) is 22.4 Å². The fourth-order valence-electron chi connectivity index (χ4n) is 1.77. The Morgan fingerprint density at radius 3 is 2.76 bits per heavy atom. The summed E-state index contributed by atoms with van der Waals surface area (Å²) in [5.74, 6) is 0.0932. The monoisotopic (exact) mass is 298 g/mol. The third kappa shape index (κ3) is 3.74. The quantitative estimate of drug-likeness (QED) is 0.755. The summed E-state index contributed by atoms with van der Waals surface area (Å²) in [7, 11) is 0. The minimum Gasteiger partial charge on any atom is -0.398 e. The van der Waals surface area contributed by atoms with E-state index >= 15 is 0 Å². The molecule has 112 valence electrons. The van der Waals surface area contributed by atoms with Crippen molar-refractivity contribution in [1.82, 2.24) is 15.3 Å². The smallest absolute Gasteiger partial charge is 0.398 e. The number of carbonyl (C=O) groups is 1. The van der Waals surface area contributed by atoms with E-state index in [1.807, 2.05) is 0 Å². The van der Waals surface area contributed by atoms with E-state index in [2.05, 4.69) is 15.3 Å². The zero-order valence-corrected chi connectivity index (χ0v) is 10.9. The SMILES string of the molecule is Nc1ccc(C(=O)NCCc2ncc[nH]2)cc1C(F)(F)F. The Bertz CT molecular complexity index is 623. The van der Waals surface area contributed by atoms with Crippen LogP contribution in [0.15, 0.2) is 30.6 Å². The van der Waals surface area contributed by atoms with Crippen LogP contribution in [-0.2, 0) is 12.6 Å². The number of rotatable bonds is 4. The molecule has 0 bridgehead atoms. The normalized spacial score (nSPS) is 11.4. The molecule has 0 atom stereocenters. The van der Waals surface area contributed by atoms with Crippen molar-refractivity contribution in [3.63, 3.8) is 0 Å².